The number of nitrogens with one attached hydrogen (secondary N) is 1. The van der Waals surface area contributed by atoms with Crippen molar-refractivity contribution in [2.75, 3.05) is 13.2 Å². The first-order valence-corrected chi connectivity index (χ1v) is 6.89. The SMILES string of the molecule is CC(C)(CCO)CNCc1cnn(-c2ccccc2)n1. The number of benzene rings is 1. The van der Waals surface area contributed by atoms with Crippen LogP contribution in [0.15, 0.2) is 36.5 Å². The molecule has 0 aliphatic rings. The highest BCUT2D eigenvalue weighted by molar-refractivity contribution is 5.28. The van der Waals surface area contributed by atoms with E-state index in [1.165, 1.54) is 0 Å². The van der Waals surface area contributed by atoms with E-state index in [2.05, 4.69) is 29.4 Å². The zero-order valence-corrected chi connectivity index (χ0v) is 12.1. The normalized spacial score (nSPS) is 11.8. The third kappa shape index (κ3) is 4.15. The summed E-state index contributed by atoms with van der Waals surface area (Å²) in [7, 11) is 0. The molecule has 108 valence electrons. The Balaban J connectivity index is 1.88. The highest BCUT2D eigenvalue weighted by Gasteiger charge is 2.16. The van der Waals surface area contributed by atoms with E-state index in [4.69, 9.17) is 5.11 Å². The van der Waals surface area contributed by atoms with Crippen molar-refractivity contribution >= 4 is 0 Å². The van der Waals surface area contributed by atoms with Crippen molar-refractivity contribution in [2.24, 2.45) is 5.41 Å². The lowest BCUT2D eigenvalue weighted by molar-refractivity contribution is 0.207. The molecule has 0 amide bonds. The van der Waals surface area contributed by atoms with Gasteiger partial charge in [0.1, 0.15) is 0 Å². The van der Waals surface area contributed by atoms with E-state index >= 15 is 0 Å². The standard InChI is InChI=1S/C15H22N4O/c1-15(2,8-9-20)12-16-10-13-11-17-19(18-13)14-6-4-3-5-7-14/h3-7,11,16,20H,8-10,12H2,1-2H3. The van der Waals surface area contributed by atoms with Crippen molar-refractivity contribution in [1.29, 1.82) is 0 Å². The molecule has 0 atom stereocenters. The Morgan fingerprint density at radius 3 is 2.70 bits per heavy atom. The van der Waals surface area contributed by atoms with Gasteiger partial charge in [-0.3, -0.25) is 0 Å². The second-order valence-electron chi connectivity index (χ2n) is 5.70. The van der Waals surface area contributed by atoms with Crippen LogP contribution in [0.4, 0.5) is 0 Å². The number of aromatic nitrogens is 3. The van der Waals surface area contributed by atoms with Crippen LogP contribution in [-0.4, -0.2) is 33.3 Å². The van der Waals surface area contributed by atoms with E-state index in [-0.39, 0.29) is 12.0 Å². The molecule has 0 saturated heterocycles. The first-order valence-electron chi connectivity index (χ1n) is 6.89. The number of hydrogen-bond acceptors (Lipinski definition) is 4. The Morgan fingerprint density at radius 2 is 2.00 bits per heavy atom. The first kappa shape index (κ1) is 14.7. The molecule has 2 rings (SSSR count). The fraction of sp³-hybridized carbons (Fsp3) is 0.467. The van der Waals surface area contributed by atoms with Gasteiger partial charge in [-0.2, -0.15) is 15.0 Å². The maximum atomic E-state index is 8.99. The van der Waals surface area contributed by atoms with Gasteiger partial charge < -0.3 is 10.4 Å². The Hall–Kier alpha value is -1.72. The van der Waals surface area contributed by atoms with Crippen LogP contribution in [-0.2, 0) is 6.54 Å². The molecule has 5 heteroatoms. The van der Waals surface area contributed by atoms with E-state index in [0.29, 0.717) is 6.54 Å². The van der Waals surface area contributed by atoms with Crippen molar-refractivity contribution in [2.45, 2.75) is 26.8 Å². The van der Waals surface area contributed by atoms with Crippen LogP contribution in [0.5, 0.6) is 0 Å². The first-order chi connectivity index (χ1) is 9.61. The molecule has 0 spiro atoms. The summed E-state index contributed by atoms with van der Waals surface area (Å²) in [6.45, 7) is 6.01. The van der Waals surface area contributed by atoms with Crippen molar-refractivity contribution in [1.82, 2.24) is 20.3 Å². The summed E-state index contributed by atoms with van der Waals surface area (Å²) < 4.78 is 0. The maximum Gasteiger partial charge on any atom is 0.0969 e. The molecule has 0 fully saturated rings. The van der Waals surface area contributed by atoms with Gasteiger partial charge in [-0.05, 0) is 24.0 Å². The van der Waals surface area contributed by atoms with Gasteiger partial charge in [0.15, 0.2) is 0 Å². The monoisotopic (exact) mass is 274 g/mol. The molecule has 0 unspecified atom stereocenters. The Morgan fingerprint density at radius 1 is 1.25 bits per heavy atom. The minimum atomic E-state index is 0.0875. The summed E-state index contributed by atoms with van der Waals surface area (Å²) in [5.41, 5.74) is 1.96. The van der Waals surface area contributed by atoms with Gasteiger partial charge in [0.25, 0.3) is 0 Å². The molecule has 5 nitrogen and oxygen atoms in total. The Labute approximate surface area is 119 Å². The van der Waals surface area contributed by atoms with Gasteiger partial charge in [-0.15, -0.1) is 0 Å². The van der Waals surface area contributed by atoms with Crippen LogP contribution in [0.3, 0.4) is 0 Å². The molecule has 2 aromatic rings. The quantitative estimate of drug-likeness (QED) is 0.807. The number of nitrogens with zero attached hydrogens (tertiary/aromatic N) is 3. The zero-order valence-electron chi connectivity index (χ0n) is 12.1. The maximum absolute atomic E-state index is 8.99. The lowest BCUT2D eigenvalue weighted by Gasteiger charge is -2.23. The fourth-order valence-corrected chi connectivity index (χ4v) is 1.98. The van der Waals surface area contributed by atoms with Crippen LogP contribution in [0.25, 0.3) is 5.69 Å². The van der Waals surface area contributed by atoms with Crippen molar-refractivity contribution in [3.05, 3.63) is 42.2 Å². The summed E-state index contributed by atoms with van der Waals surface area (Å²) >= 11 is 0. The van der Waals surface area contributed by atoms with E-state index in [1.807, 2.05) is 30.3 Å². The van der Waals surface area contributed by atoms with Crippen molar-refractivity contribution < 1.29 is 5.11 Å². The second kappa shape index (κ2) is 6.63. The smallest absolute Gasteiger partial charge is 0.0969 e. The van der Waals surface area contributed by atoms with Gasteiger partial charge in [0.2, 0.25) is 0 Å². The summed E-state index contributed by atoms with van der Waals surface area (Å²) in [6, 6.07) is 9.85. The summed E-state index contributed by atoms with van der Waals surface area (Å²) in [5, 5.41) is 21.1. The molecular weight excluding hydrogens is 252 g/mol. The molecule has 20 heavy (non-hydrogen) atoms. The van der Waals surface area contributed by atoms with E-state index in [0.717, 1.165) is 24.3 Å². The molecule has 0 radical (unpaired) electrons. The third-order valence-corrected chi connectivity index (χ3v) is 3.22. The lowest BCUT2D eigenvalue weighted by atomic mass is 9.90. The third-order valence-electron chi connectivity index (χ3n) is 3.22. The minimum absolute atomic E-state index is 0.0875. The highest BCUT2D eigenvalue weighted by Crippen LogP contribution is 2.18. The predicted octanol–water partition coefficient (Wildman–Crippen LogP) is 1.77. The fourth-order valence-electron chi connectivity index (χ4n) is 1.98. The largest absolute Gasteiger partial charge is 0.396 e. The Bertz CT molecular complexity index is 522. The van der Waals surface area contributed by atoms with Crippen LogP contribution >= 0.6 is 0 Å². The average molecular weight is 274 g/mol. The highest BCUT2D eigenvalue weighted by atomic mass is 16.3. The molecule has 1 heterocycles. The molecule has 0 aliphatic carbocycles. The van der Waals surface area contributed by atoms with Gasteiger partial charge in [0, 0.05) is 19.7 Å². The minimum Gasteiger partial charge on any atom is -0.396 e. The van der Waals surface area contributed by atoms with Gasteiger partial charge in [-0.25, -0.2) is 0 Å². The van der Waals surface area contributed by atoms with Gasteiger partial charge in [-0.1, -0.05) is 32.0 Å². The topological polar surface area (TPSA) is 63.0 Å². The van der Waals surface area contributed by atoms with Crippen LogP contribution in [0.2, 0.25) is 0 Å². The van der Waals surface area contributed by atoms with E-state index < -0.39 is 0 Å². The zero-order chi connectivity index (χ0) is 14.4. The molecule has 1 aromatic carbocycles. The number of para-hydroxylation sites is 1. The summed E-state index contributed by atoms with van der Waals surface area (Å²) in [5.74, 6) is 0. The molecule has 0 bridgehead atoms. The molecular formula is C15H22N4O. The molecule has 1 aromatic heterocycles. The summed E-state index contributed by atoms with van der Waals surface area (Å²) in [6.07, 6.45) is 2.57. The average Bonchev–Trinajstić information content (AvgIpc) is 2.88. The number of aliphatic hydroxyl groups is 1. The van der Waals surface area contributed by atoms with Crippen LogP contribution in [0, 0.1) is 5.41 Å². The molecule has 0 aliphatic heterocycles. The van der Waals surface area contributed by atoms with Gasteiger partial charge in [0.05, 0.1) is 17.6 Å². The van der Waals surface area contributed by atoms with Crippen molar-refractivity contribution in [3.63, 3.8) is 0 Å². The lowest BCUT2D eigenvalue weighted by Crippen LogP contribution is -2.30. The molecule has 0 saturated carbocycles. The number of hydrogen-bond donors (Lipinski definition) is 2. The Kier molecular flexibility index (Phi) is 4.87. The number of rotatable bonds is 7. The van der Waals surface area contributed by atoms with Crippen LogP contribution < -0.4 is 5.32 Å². The number of aliphatic hydroxyl groups excluding tert-OH is 1. The van der Waals surface area contributed by atoms with Crippen LogP contribution in [0.1, 0.15) is 26.0 Å². The molecule has 2 N–H and O–H groups in total. The summed E-state index contributed by atoms with van der Waals surface area (Å²) in [4.78, 5) is 1.63. The van der Waals surface area contributed by atoms with Gasteiger partial charge >= 0.3 is 0 Å². The van der Waals surface area contributed by atoms with E-state index in [1.54, 1.807) is 11.0 Å². The van der Waals surface area contributed by atoms with E-state index in [9.17, 15) is 0 Å². The second-order valence-corrected chi connectivity index (χ2v) is 5.70. The predicted molar refractivity (Wildman–Crippen MR) is 78.5 cm³/mol. The van der Waals surface area contributed by atoms with Crippen molar-refractivity contribution in [3.8, 4) is 5.69 Å².